The first kappa shape index (κ1) is 13.7. The van der Waals surface area contributed by atoms with E-state index in [2.05, 4.69) is 0 Å². The molecular formula is C12H12ClNO3. The number of hydrogen-bond acceptors (Lipinski definition) is 4. The molecule has 0 aliphatic carbocycles. The number of hydrogen-bond donors (Lipinski definition) is 2. The molecule has 1 aromatic rings. The maximum absolute atomic E-state index is 11.6. The van der Waals surface area contributed by atoms with E-state index in [1.165, 1.54) is 12.1 Å². The lowest BCUT2D eigenvalue weighted by Crippen LogP contribution is -2.21. The van der Waals surface area contributed by atoms with Crippen LogP contribution in [0.4, 0.5) is 0 Å². The van der Waals surface area contributed by atoms with Crippen LogP contribution in [0.2, 0.25) is 0 Å². The van der Waals surface area contributed by atoms with Crippen molar-refractivity contribution in [2.45, 2.75) is 18.6 Å². The summed E-state index contributed by atoms with van der Waals surface area (Å²) in [6.45, 7) is 0. The predicted octanol–water partition coefficient (Wildman–Crippen LogP) is 1.42. The maximum Gasteiger partial charge on any atom is 0.177 e. The normalized spacial score (nSPS) is 13.8. The van der Waals surface area contributed by atoms with Gasteiger partial charge in [0.15, 0.2) is 5.78 Å². The molecule has 0 saturated heterocycles. The first-order valence-corrected chi connectivity index (χ1v) is 5.56. The summed E-state index contributed by atoms with van der Waals surface area (Å²) in [5.41, 5.74) is 0.534. The maximum atomic E-state index is 11.6. The smallest absolute Gasteiger partial charge is 0.177 e. The molecule has 4 nitrogen and oxygen atoms in total. The number of carbonyl (C=O) groups is 1. The Bertz CT molecular complexity index is 442. The quantitative estimate of drug-likeness (QED) is 0.614. The van der Waals surface area contributed by atoms with Crippen molar-refractivity contribution in [3.05, 3.63) is 35.4 Å². The van der Waals surface area contributed by atoms with E-state index in [0.29, 0.717) is 5.56 Å². The molecule has 2 unspecified atom stereocenters. The van der Waals surface area contributed by atoms with Gasteiger partial charge in [0.25, 0.3) is 0 Å². The van der Waals surface area contributed by atoms with Crippen LogP contribution in [0.5, 0.6) is 0 Å². The van der Waals surface area contributed by atoms with E-state index in [0.717, 1.165) is 0 Å². The fourth-order valence-electron chi connectivity index (χ4n) is 1.47. The second-order valence-corrected chi connectivity index (χ2v) is 3.82. The number of benzene rings is 1. The first-order valence-electron chi connectivity index (χ1n) is 5.03. The summed E-state index contributed by atoms with van der Waals surface area (Å²) < 4.78 is 0. The third kappa shape index (κ3) is 3.27. The third-order valence-corrected chi connectivity index (χ3v) is 2.66. The Kier molecular flexibility index (Phi) is 5.11. The zero-order valence-electron chi connectivity index (χ0n) is 9.01. The van der Waals surface area contributed by atoms with Crippen molar-refractivity contribution in [2.75, 3.05) is 5.88 Å². The fraction of sp³-hybridized carbons (Fsp3) is 0.333. The number of halogens is 1. The van der Waals surface area contributed by atoms with Crippen LogP contribution in [0, 0.1) is 11.3 Å². The lowest BCUT2D eigenvalue weighted by Gasteiger charge is -2.18. The van der Waals surface area contributed by atoms with E-state index in [4.69, 9.17) is 16.9 Å². The van der Waals surface area contributed by atoms with Gasteiger partial charge < -0.3 is 10.2 Å². The summed E-state index contributed by atoms with van der Waals surface area (Å²) >= 11 is 5.44. The molecule has 0 heterocycles. The number of Topliss-reactive ketones (excluding diaryl/α,β-unsaturated/α-hetero) is 1. The van der Waals surface area contributed by atoms with Gasteiger partial charge in [0.05, 0.1) is 24.5 Å². The number of aliphatic hydroxyl groups excluding tert-OH is 2. The highest BCUT2D eigenvalue weighted by atomic mass is 35.5. The lowest BCUT2D eigenvalue weighted by atomic mass is 9.95. The summed E-state index contributed by atoms with van der Waals surface area (Å²) in [4.78, 5) is 11.6. The zero-order valence-corrected chi connectivity index (χ0v) is 9.76. The van der Waals surface area contributed by atoms with Crippen LogP contribution in [0.3, 0.4) is 0 Å². The minimum Gasteiger partial charge on any atom is -0.389 e. The Labute approximate surface area is 104 Å². The first-order chi connectivity index (χ1) is 8.11. The van der Waals surface area contributed by atoms with Crippen molar-refractivity contribution >= 4 is 17.4 Å². The molecule has 1 aromatic carbocycles. The largest absolute Gasteiger partial charge is 0.389 e. The van der Waals surface area contributed by atoms with Crippen molar-refractivity contribution < 1.29 is 15.0 Å². The lowest BCUT2D eigenvalue weighted by molar-refractivity contribution is 0.0321. The molecule has 0 radical (unpaired) electrons. The molecule has 17 heavy (non-hydrogen) atoms. The molecule has 5 heteroatoms. The molecule has 0 bridgehead atoms. The number of rotatable bonds is 5. The molecule has 0 saturated carbocycles. The van der Waals surface area contributed by atoms with Crippen LogP contribution in [0.25, 0.3) is 0 Å². The molecule has 0 amide bonds. The molecule has 0 aromatic heterocycles. The Morgan fingerprint density at radius 1 is 1.41 bits per heavy atom. The Morgan fingerprint density at radius 2 is 2.06 bits per heavy atom. The van der Waals surface area contributed by atoms with Gasteiger partial charge in [-0.2, -0.15) is 5.26 Å². The summed E-state index contributed by atoms with van der Waals surface area (Å²) in [6.07, 6.45) is -2.64. The van der Waals surface area contributed by atoms with Crippen molar-refractivity contribution in [3.8, 4) is 6.07 Å². The van der Waals surface area contributed by atoms with Gasteiger partial charge in [0.1, 0.15) is 6.10 Å². The van der Waals surface area contributed by atoms with E-state index in [1.807, 2.05) is 0 Å². The fourth-order valence-corrected chi connectivity index (χ4v) is 1.64. The molecular weight excluding hydrogens is 242 g/mol. The highest BCUT2D eigenvalue weighted by Crippen LogP contribution is 2.22. The highest BCUT2D eigenvalue weighted by molar-refractivity contribution is 6.18. The van der Waals surface area contributed by atoms with Crippen LogP contribution in [0.1, 0.15) is 28.4 Å². The van der Waals surface area contributed by atoms with Gasteiger partial charge in [0.2, 0.25) is 0 Å². The average molecular weight is 254 g/mol. The van der Waals surface area contributed by atoms with Gasteiger partial charge in [-0.15, -0.1) is 11.6 Å². The Hall–Kier alpha value is -1.41. The van der Waals surface area contributed by atoms with Crippen LogP contribution in [-0.4, -0.2) is 28.0 Å². The summed E-state index contributed by atoms with van der Waals surface area (Å²) in [5, 5.41) is 27.8. The molecule has 90 valence electrons. The van der Waals surface area contributed by atoms with Gasteiger partial charge in [-0.1, -0.05) is 24.3 Å². The summed E-state index contributed by atoms with van der Waals surface area (Å²) in [7, 11) is 0. The van der Waals surface area contributed by atoms with Crippen LogP contribution in [-0.2, 0) is 0 Å². The van der Waals surface area contributed by atoms with Crippen molar-refractivity contribution in [1.82, 2.24) is 0 Å². The van der Waals surface area contributed by atoms with Crippen molar-refractivity contribution in [1.29, 1.82) is 5.26 Å². The van der Waals surface area contributed by atoms with Gasteiger partial charge in [-0.05, 0) is 5.56 Å². The highest BCUT2D eigenvalue weighted by Gasteiger charge is 2.22. The van der Waals surface area contributed by atoms with E-state index < -0.39 is 12.2 Å². The summed E-state index contributed by atoms with van der Waals surface area (Å²) in [6, 6.07) is 8.08. The number of ketones is 1. The minimum absolute atomic E-state index is 0.137. The SMILES string of the molecule is N#CCC(=O)c1ccccc1C(O)C(O)CCl. The van der Waals surface area contributed by atoms with Gasteiger partial charge in [0, 0.05) is 5.56 Å². The summed E-state index contributed by atoms with van der Waals surface area (Å²) in [5.74, 6) is -0.522. The van der Waals surface area contributed by atoms with Gasteiger partial charge in [-0.3, -0.25) is 4.79 Å². The third-order valence-electron chi connectivity index (χ3n) is 2.34. The number of alkyl halides is 1. The second kappa shape index (κ2) is 6.36. The van der Waals surface area contributed by atoms with E-state index in [9.17, 15) is 15.0 Å². The molecule has 1 rings (SSSR count). The van der Waals surface area contributed by atoms with E-state index >= 15 is 0 Å². The Balaban J connectivity index is 3.08. The standard InChI is InChI=1S/C12H12ClNO3/c13-7-11(16)12(17)9-4-2-1-3-8(9)10(15)5-6-14/h1-4,11-12,16-17H,5,7H2. The van der Waals surface area contributed by atoms with Crippen molar-refractivity contribution in [3.63, 3.8) is 0 Å². The molecule has 0 fully saturated rings. The van der Waals surface area contributed by atoms with E-state index in [-0.39, 0.29) is 23.6 Å². The molecule has 2 atom stereocenters. The molecule has 0 aliphatic heterocycles. The number of aliphatic hydroxyl groups is 2. The molecule has 2 N–H and O–H groups in total. The number of nitriles is 1. The predicted molar refractivity (Wildman–Crippen MR) is 62.7 cm³/mol. The molecule has 0 spiro atoms. The monoisotopic (exact) mass is 253 g/mol. The number of nitrogens with zero attached hydrogens (tertiary/aromatic N) is 1. The minimum atomic E-state index is -1.23. The molecule has 0 aliphatic rings. The van der Waals surface area contributed by atoms with Gasteiger partial charge in [-0.25, -0.2) is 0 Å². The van der Waals surface area contributed by atoms with Gasteiger partial charge >= 0.3 is 0 Å². The van der Waals surface area contributed by atoms with Crippen molar-refractivity contribution in [2.24, 2.45) is 0 Å². The second-order valence-electron chi connectivity index (χ2n) is 3.51. The number of carbonyl (C=O) groups excluding carboxylic acids is 1. The van der Waals surface area contributed by atoms with Crippen LogP contribution >= 0.6 is 11.6 Å². The average Bonchev–Trinajstić information content (AvgIpc) is 2.37. The topological polar surface area (TPSA) is 81.3 Å². The zero-order chi connectivity index (χ0) is 12.8. The Morgan fingerprint density at radius 3 is 2.65 bits per heavy atom. The van der Waals surface area contributed by atoms with E-state index in [1.54, 1.807) is 18.2 Å². The van der Waals surface area contributed by atoms with Crippen LogP contribution < -0.4 is 0 Å². The van der Waals surface area contributed by atoms with Crippen LogP contribution in [0.15, 0.2) is 24.3 Å².